The number of nitrogens with two attached hydrogens (primary N) is 1. The average molecular weight is 565 g/mol. The first-order chi connectivity index (χ1) is 17.3. The molecular weight excluding hydrogens is 538 g/mol. The van der Waals surface area contributed by atoms with E-state index >= 15 is 0 Å². The second-order valence-electron chi connectivity index (χ2n) is 9.76. The van der Waals surface area contributed by atoms with Crippen LogP contribution in [0.25, 0.3) is 0 Å². The second kappa shape index (κ2) is 9.94. The molecule has 208 valence electrons. The number of alkyl halides is 6. The van der Waals surface area contributed by atoms with E-state index in [0.29, 0.717) is 12.1 Å². The molecular formula is C24H26F6N4O3S. The standard InChI is InChI=1S/C24H26F6N4O3S/c1-21(2,3)11-10-18-15-33(38(36,37)19-8-9-20(31)32-14-19)12-13-34(18)17-6-4-16(5-7-17)22(35,23(25,26)27)24(28,29)30/h4-9,14,18,35H,12-13,15H2,1-3H3,(H2,31,32)/t18-/m1/s1. The number of pyridine rings is 1. The third kappa shape index (κ3) is 5.84. The maximum absolute atomic E-state index is 13.3. The van der Waals surface area contributed by atoms with Crippen LogP contribution in [0, 0.1) is 17.3 Å². The first kappa shape index (κ1) is 29.5. The number of sulfonamides is 1. The summed E-state index contributed by atoms with van der Waals surface area (Å²) in [5, 5.41) is 9.66. The average Bonchev–Trinajstić information content (AvgIpc) is 2.80. The maximum Gasteiger partial charge on any atom is 0.430 e. The zero-order valence-corrected chi connectivity index (χ0v) is 21.4. The highest BCUT2D eigenvalue weighted by Gasteiger charge is 2.71. The van der Waals surface area contributed by atoms with E-state index in [4.69, 9.17) is 5.73 Å². The second-order valence-corrected chi connectivity index (χ2v) is 11.7. The van der Waals surface area contributed by atoms with Gasteiger partial charge in [0.05, 0.1) is 0 Å². The molecule has 1 fully saturated rings. The highest BCUT2D eigenvalue weighted by Crippen LogP contribution is 2.50. The molecule has 14 heteroatoms. The van der Waals surface area contributed by atoms with Gasteiger partial charge in [-0.15, -0.1) is 0 Å². The van der Waals surface area contributed by atoms with Crippen LogP contribution in [-0.4, -0.2) is 60.8 Å². The Bertz CT molecular complexity index is 1300. The quantitative estimate of drug-likeness (QED) is 0.432. The summed E-state index contributed by atoms with van der Waals surface area (Å²) in [5.74, 6) is 6.13. The van der Waals surface area contributed by atoms with E-state index in [1.54, 1.807) is 4.90 Å². The van der Waals surface area contributed by atoms with Crippen molar-refractivity contribution < 1.29 is 39.9 Å². The Labute approximate surface area is 216 Å². The fourth-order valence-corrected chi connectivity index (χ4v) is 5.17. The Morgan fingerprint density at radius 1 is 0.974 bits per heavy atom. The number of anilines is 2. The number of hydrogen-bond acceptors (Lipinski definition) is 6. The van der Waals surface area contributed by atoms with E-state index in [2.05, 4.69) is 16.8 Å². The van der Waals surface area contributed by atoms with Crippen molar-refractivity contribution in [2.75, 3.05) is 30.3 Å². The normalized spacial score (nSPS) is 18.2. The van der Waals surface area contributed by atoms with Crippen molar-refractivity contribution in [2.24, 2.45) is 5.41 Å². The van der Waals surface area contributed by atoms with Gasteiger partial charge in [0.25, 0.3) is 5.60 Å². The smallest absolute Gasteiger partial charge is 0.384 e. The minimum atomic E-state index is -6.01. The van der Waals surface area contributed by atoms with Gasteiger partial charge in [0, 0.05) is 42.5 Å². The Kier molecular flexibility index (Phi) is 7.73. The van der Waals surface area contributed by atoms with Crippen LogP contribution in [0.15, 0.2) is 47.5 Å². The molecule has 0 amide bonds. The van der Waals surface area contributed by atoms with Crippen molar-refractivity contribution in [3.05, 3.63) is 48.2 Å². The Hall–Kier alpha value is -3.02. The highest BCUT2D eigenvalue weighted by molar-refractivity contribution is 7.89. The van der Waals surface area contributed by atoms with Gasteiger partial charge in [-0.05, 0) is 45.0 Å². The molecule has 1 aliphatic heterocycles. The first-order valence-electron chi connectivity index (χ1n) is 11.2. The van der Waals surface area contributed by atoms with Crippen molar-refractivity contribution in [3.63, 3.8) is 0 Å². The maximum atomic E-state index is 13.3. The largest absolute Gasteiger partial charge is 0.430 e. The number of aromatic nitrogens is 1. The Morgan fingerprint density at radius 3 is 2.03 bits per heavy atom. The molecule has 0 spiro atoms. The van der Waals surface area contributed by atoms with E-state index < -0.39 is 45.0 Å². The summed E-state index contributed by atoms with van der Waals surface area (Å²) in [5.41, 5.74) is -1.18. The number of nitrogen functional groups attached to an aromatic ring is 1. The molecule has 0 saturated carbocycles. The van der Waals surface area contributed by atoms with Crippen LogP contribution in [0.4, 0.5) is 37.8 Å². The lowest BCUT2D eigenvalue weighted by Gasteiger charge is -2.40. The highest BCUT2D eigenvalue weighted by atomic mass is 32.2. The minimum absolute atomic E-state index is 0.0350. The van der Waals surface area contributed by atoms with Gasteiger partial charge < -0.3 is 15.7 Å². The van der Waals surface area contributed by atoms with Crippen LogP contribution in [0.5, 0.6) is 0 Å². The fraction of sp³-hybridized carbons (Fsp3) is 0.458. The van der Waals surface area contributed by atoms with Crippen LogP contribution in [0.2, 0.25) is 0 Å². The Morgan fingerprint density at radius 2 is 1.55 bits per heavy atom. The van der Waals surface area contributed by atoms with Gasteiger partial charge in [0.15, 0.2) is 0 Å². The summed E-state index contributed by atoms with van der Waals surface area (Å²) < 4.78 is 107. The van der Waals surface area contributed by atoms with Crippen LogP contribution in [0.3, 0.4) is 0 Å². The van der Waals surface area contributed by atoms with Crippen molar-refractivity contribution in [3.8, 4) is 11.8 Å². The van der Waals surface area contributed by atoms with Crippen molar-refractivity contribution in [2.45, 2.75) is 49.7 Å². The van der Waals surface area contributed by atoms with Gasteiger partial charge >= 0.3 is 12.4 Å². The number of rotatable bonds is 4. The topological polar surface area (TPSA) is 99.8 Å². The third-order valence-electron chi connectivity index (χ3n) is 5.79. The molecule has 1 atom stereocenters. The van der Waals surface area contributed by atoms with Gasteiger partial charge in [-0.1, -0.05) is 24.0 Å². The van der Waals surface area contributed by atoms with Gasteiger partial charge in [-0.25, -0.2) is 13.4 Å². The minimum Gasteiger partial charge on any atom is -0.384 e. The molecule has 7 nitrogen and oxygen atoms in total. The molecule has 0 radical (unpaired) electrons. The predicted octanol–water partition coefficient (Wildman–Crippen LogP) is 3.91. The van der Waals surface area contributed by atoms with Crippen molar-refractivity contribution in [1.82, 2.24) is 9.29 Å². The predicted molar refractivity (Wildman–Crippen MR) is 128 cm³/mol. The van der Waals surface area contributed by atoms with Crippen LogP contribution in [-0.2, 0) is 15.6 Å². The number of benzene rings is 1. The van der Waals surface area contributed by atoms with E-state index in [0.717, 1.165) is 18.3 Å². The monoisotopic (exact) mass is 564 g/mol. The molecule has 3 rings (SSSR count). The molecule has 1 saturated heterocycles. The van der Waals surface area contributed by atoms with Crippen LogP contribution < -0.4 is 10.6 Å². The summed E-state index contributed by atoms with van der Waals surface area (Å²) in [4.78, 5) is 5.31. The van der Waals surface area contributed by atoms with Gasteiger partial charge in [0.2, 0.25) is 10.0 Å². The van der Waals surface area contributed by atoms with Crippen molar-refractivity contribution in [1.29, 1.82) is 0 Å². The van der Waals surface area contributed by atoms with E-state index in [1.807, 2.05) is 20.8 Å². The number of hydrogen-bond donors (Lipinski definition) is 2. The lowest BCUT2D eigenvalue weighted by atomic mass is 9.92. The first-order valence-corrected chi connectivity index (χ1v) is 12.7. The molecule has 1 aromatic heterocycles. The lowest BCUT2D eigenvalue weighted by molar-refractivity contribution is -0.376. The summed E-state index contributed by atoms with van der Waals surface area (Å²) in [6, 6.07) is 4.98. The van der Waals surface area contributed by atoms with Gasteiger partial charge in [-0.3, -0.25) is 0 Å². The van der Waals surface area contributed by atoms with Crippen molar-refractivity contribution >= 4 is 21.5 Å². The van der Waals surface area contributed by atoms with Crippen LogP contribution >= 0.6 is 0 Å². The molecule has 0 bridgehead atoms. The summed E-state index contributed by atoms with van der Waals surface area (Å²) in [7, 11) is -3.99. The molecule has 3 N–H and O–H groups in total. The molecule has 38 heavy (non-hydrogen) atoms. The summed E-state index contributed by atoms with van der Waals surface area (Å²) in [6.07, 6.45) is -10.9. The number of aliphatic hydroxyl groups is 1. The third-order valence-corrected chi connectivity index (χ3v) is 7.64. The number of piperazine rings is 1. The molecule has 0 aliphatic carbocycles. The lowest BCUT2D eigenvalue weighted by Crippen LogP contribution is -2.55. The number of nitrogens with zero attached hydrogens (tertiary/aromatic N) is 3. The zero-order chi connectivity index (χ0) is 28.7. The van der Waals surface area contributed by atoms with Gasteiger partial charge in [0.1, 0.15) is 16.8 Å². The van der Waals surface area contributed by atoms with E-state index in [-0.39, 0.29) is 36.0 Å². The molecule has 2 aromatic rings. The van der Waals surface area contributed by atoms with Gasteiger partial charge in [-0.2, -0.15) is 30.6 Å². The number of halogens is 6. The summed E-state index contributed by atoms with van der Waals surface area (Å²) >= 11 is 0. The van der Waals surface area contributed by atoms with E-state index in [9.17, 15) is 39.9 Å². The molecule has 2 heterocycles. The summed E-state index contributed by atoms with van der Waals surface area (Å²) in [6.45, 7) is 5.33. The molecule has 1 aliphatic rings. The zero-order valence-electron chi connectivity index (χ0n) is 20.6. The van der Waals surface area contributed by atoms with E-state index in [1.165, 1.54) is 16.4 Å². The SMILES string of the molecule is CC(C)(C)C#C[C@@H]1CN(S(=O)(=O)c2ccc(N)nc2)CCN1c1ccc(C(O)(C(F)(F)F)C(F)(F)F)cc1. The fourth-order valence-electron chi connectivity index (χ4n) is 3.78. The Balaban J connectivity index is 1.97. The molecule has 1 aromatic carbocycles. The van der Waals surface area contributed by atoms with Crippen LogP contribution in [0.1, 0.15) is 26.3 Å². The molecule has 0 unspecified atom stereocenters.